The maximum Gasteiger partial charge on any atom is 0.224 e. The molecule has 18 heavy (non-hydrogen) atoms. The molecule has 1 saturated carbocycles. The van der Waals surface area contributed by atoms with Gasteiger partial charge >= 0.3 is 0 Å². The summed E-state index contributed by atoms with van der Waals surface area (Å²) in [5, 5.41) is 2.55. The lowest BCUT2D eigenvalue weighted by molar-refractivity contribution is -0.132. The van der Waals surface area contributed by atoms with Crippen LogP contribution in [0, 0.1) is 0 Å². The Bertz CT molecular complexity index is 299. The van der Waals surface area contributed by atoms with Gasteiger partial charge in [0, 0.05) is 39.0 Å². The van der Waals surface area contributed by atoms with Gasteiger partial charge in [0.25, 0.3) is 0 Å². The number of rotatable bonds is 5. The predicted molar refractivity (Wildman–Crippen MR) is 70.9 cm³/mol. The first-order valence-electron chi connectivity index (χ1n) is 6.70. The van der Waals surface area contributed by atoms with Crippen molar-refractivity contribution in [2.75, 3.05) is 20.6 Å². The molecular formula is C13H25N3O2. The van der Waals surface area contributed by atoms with Gasteiger partial charge in [0.05, 0.1) is 0 Å². The van der Waals surface area contributed by atoms with E-state index >= 15 is 0 Å². The summed E-state index contributed by atoms with van der Waals surface area (Å²) in [6.07, 6.45) is 6.06. The van der Waals surface area contributed by atoms with Crippen LogP contribution in [0.1, 0.15) is 44.9 Å². The summed E-state index contributed by atoms with van der Waals surface area (Å²) in [6.45, 7) is 0.453. The Balaban J connectivity index is 2.36. The van der Waals surface area contributed by atoms with Crippen molar-refractivity contribution in [3.05, 3.63) is 0 Å². The molecule has 0 radical (unpaired) electrons. The van der Waals surface area contributed by atoms with Crippen LogP contribution in [0.5, 0.6) is 0 Å². The van der Waals surface area contributed by atoms with Gasteiger partial charge in [0.1, 0.15) is 0 Å². The molecule has 0 aromatic heterocycles. The Morgan fingerprint density at radius 2 is 1.89 bits per heavy atom. The van der Waals surface area contributed by atoms with E-state index in [0.717, 1.165) is 25.7 Å². The molecule has 0 spiro atoms. The average Bonchev–Trinajstić information content (AvgIpc) is 2.35. The Labute approximate surface area is 109 Å². The van der Waals surface area contributed by atoms with Gasteiger partial charge < -0.3 is 16.0 Å². The summed E-state index contributed by atoms with van der Waals surface area (Å²) in [5.74, 6) is -0.00178. The third-order valence-corrected chi connectivity index (χ3v) is 3.73. The van der Waals surface area contributed by atoms with Crippen LogP contribution in [0.4, 0.5) is 0 Å². The van der Waals surface area contributed by atoms with Crippen LogP contribution in [0.3, 0.4) is 0 Å². The van der Waals surface area contributed by atoms with E-state index in [1.807, 2.05) is 0 Å². The molecule has 0 bridgehead atoms. The molecule has 0 aromatic rings. The van der Waals surface area contributed by atoms with E-state index in [9.17, 15) is 9.59 Å². The van der Waals surface area contributed by atoms with Gasteiger partial charge in [-0.15, -0.1) is 0 Å². The number of carbonyl (C=O) groups excluding carboxylic acids is 2. The first-order valence-corrected chi connectivity index (χ1v) is 6.70. The highest BCUT2D eigenvalue weighted by atomic mass is 16.2. The summed E-state index contributed by atoms with van der Waals surface area (Å²) in [4.78, 5) is 24.8. The first-order chi connectivity index (χ1) is 8.47. The highest BCUT2D eigenvalue weighted by Gasteiger charge is 2.31. The Morgan fingerprint density at radius 3 is 2.44 bits per heavy atom. The number of nitrogens with zero attached hydrogens (tertiary/aromatic N) is 1. The average molecular weight is 255 g/mol. The molecule has 0 heterocycles. The van der Waals surface area contributed by atoms with E-state index in [4.69, 9.17) is 5.73 Å². The van der Waals surface area contributed by atoms with Crippen molar-refractivity contribution in [1.82, 2.24) is 10.2 Å². The van der Waals surface area contributed by atoms with Crippen molar-refractivity contribution >= 4 is 11.8 Å². The molecule has 2 amide bonds. The molecular weight excluding hydrogens is 230 g/mol. The van der Waals surface area contributed by atoms with Crippen LogP contribution in [0.2, 0.25) is 0 Å². The van der Waals surface area contributed by atoms with Crippen molar-refractivity contribution in [3.8, 4) is 0 Å². The molecule has 1 fully saturated rings. The Hall–Kier alpha value is -1.10. The number of amides is 2. The zero-order valence-electron chi connectivity index (χ0n) is 11.5. The van der Waals surface area contributed by atoms with Gasteiger partial charge in [-0.05, 0) is 12.8 Å². The Kier molecular flexibility index (Phi) is 5.59. The van der Waals surface area contributed by atoms with E-state index in [1.165, 1.54) is 6.42 Å². The summed E-state index contributed by atoms with van der Waals surface area (Å²) in [5.41, 5.74) is 5.93. The molecule has 3 N–H and O–H groups in total. The molecule has 1 aliphatic rings. The second-order valence-electron chi connectivity index (χ2n) is 5.34. The standard InChI is InChI=1S/C13H25N3O2/c1-15-11(17)6-9-16(2)12(18)10-13(14)7-4-3-5-8-13/h3-10,14H2,1-2H3,(H,15,17). The van der Waals surface area contributed by atoms with Crippen molar-refractivity contribution in [2.45, 2.75) is 50.5 Å². The van der Waals surface area contributed by atoms with Crippen LogP contribution in [-0.4, -0.2) is 42.9 Å². The fourth-order valence-corrected chi connectivity index (χ4v) is 2.39. The van der Waals surface area contributed by atoms with Crippen molar-refractivity contribution in [2.24, 2.45) is 5.73 Å². The molecule has 1 aliphatic carbocycles. The van der Waals surface area contributed by atoms with E-state index in [-0.39, 0.29) is 17.4 Å². The quantitative estimate of drug-likeness (QED) is 0.756. The maximum atomic E-state index is 12.0. The summed E-state index contributed by atoms with van der Waals surface area (Å²) < 4.78 is 0. The minimum atomic E-state index is -0.323. The summed E-state index contributed by atoms with van der Waals surface area (Å²) in [7, 11) is 3.33. The molecule has 0 unspecified atom stereocenters. The zero-order valence-corrected chi connectivity index (χ0v) is 11.5. The van der Waals surface area contributed by atoms with Crippen molar-refractivity contribution < 1.29 is 9.59 Å². The SMILES string of the molecule is CNC(=O)CCN(C)C(=O)CC1(N)CCCCC1. The molecule has 1 rings (SSSR count). The second-order valence-corrected chi connectivity index (χ2v) is 5.34. The number of hydrogen-bond acceptors (Lipinski definition) is 3. The molecule has 5 heteroatoms. The molecule has 5 nitrogen and oxygen atoms in total. The van der Waals surface area contributed by atoms with Crippen molar-refractivity contribution in [1.29, 1.82) is 0 Å². The second kappa shape index (κ2) is 6.73. The van der Waals surface area contributed by atoms with Gasteiger partial charge in [-0.2, -0.15) is 0 Å². The van der Waals surface area contributed by atoms with Gasteiger partial charge in [0.2, 0.25) is 11.8 Å². The lowest BCUT2D eigenvalue weighted by Crippen LogP contribution is -2.46. The monoisotopic (exact) mass is 255 g/mol. The number of nitrogens with one attached hydrogen (secondary N) is 1. The van der Waals surface area contributed by atoms with Crippen LogP contribution < -0.4 is 11.1 Å². The molecule has 104 valence electrons. The number of hydrogen-bond donors (Lipinski definition) is 2. The van der Waals surface area contributed by atoms with Gasteiger partial charge in [-0.1, -0.05) is 19.3 Å². The minimum absolute atomic E-state index is 0.0447. The van der Waals surface area contributed by atoms with Crippen LogP contribution in [-0.2, 0) is 9.59 Å². The van der Waals surface area contributed by atoms with E-state index in [1.54, 1.807) is 19.0 Å². The van der Waals surface area contributed by atoms with Crippen LogP contribution in [0.25, 0.3) is 0 Å². The maximum absolute atomic E-state index is 12.0. The van der Waals surface area contributed by atoms with Gasteiger partial charge in [-0.3, -0.25) is 9.59 Å². The summed E-state index contributed by atoms with van der Waals surface area (Å²) in [6, 6.07) is 0. The normalized spacial score (nSPS) is 18.2. The predicted octanol–water partition coefficient (Wildman–Crippen LogP) is 0.633. The minimum Gasteiger partial charge on any atom is -0.359 e. The van der Waals surface area contributed by atoms with Gasteiger partial charge in [-0.25, -0.2) is 0 Å². The van der Waals surface area contributed by atoms with E-state index in [2.05, 4.69) is 5.32 Å². The zero-order chi connectivity index (χ0) is 13.6. The van der Waals surface area contributed by atoms with Gasteiger partial charge in [0.15, 0.2) is 0 Å². The highest BCUT2D eigenvalue weighted by molar-refractivity contribution is 5.79. The first kappa shape index (κ1) is 15.0. The third kappa shape index (κ3) is 4.64. The Morgan fingerprint density at radius 1 is 1.28 bits per heavy atom. The van der Waals surface area contributed by atoms with E-state index < -0.39 is 0 Å². The highest BCUT2D eigenvalue weighted by Crippen LogP contribution is 2.29. The number of carbonyl (C=O) groups is 2. The molecule has 0 aliphatic heterocycles. The topological polar surface area (TPSA) is 75.4 Å². The summed E-state index contributed by atoms with van der Waals surface area (Å²) >= 11 is 0. The lowest BCUT2D eigenvalue weighted by atomic mass is 9.80. The van der Waals surface area contributed by atoms with Crippen molar-refractivity contribution in [3.63, 3.8) is 0 Å². The molecule has 0 aromatic carbocycles. The smallest absolute Gasteiger partial charge is 0.224 e. The lowest BCUT2D eigenvalue weighted by Gasteiger charge is -2.34. The third-order valence-electron chi connectivity index (χ3n) is 3.73. The fraction of sp³-hybridized carbons (Fsp3) is 0.846. The largest absolute Gasteiger partial charge is 0.359 e. The molecule has 0 atom stereocenters. The van der Waals surface area contributed by atoms with Crippen LogP contribution in [0.15, 0.2) is 0 Å². The van der Waals surface area contributed by atoms with E-state index in [0.29, 0.717) is 19.4 Å². The number of nitrogens with two attached hydrogens (primary N) is 1. The fourth-order valence-electron chi connectivity index (χ4n) is 2.39. The van der Waals surface area contributed by atoms with Crippen LogP contribution >= 0.6 is 0 Å². The molecule has 0 saturated heterocycles.